The van der Waals surface area contributed by atoms with Crippen LogP contribution >= 0.6 is 40.5 Å². The number of ether oxygens (including phenoxy) is 1. The molecule has 0 radical (unpaired) electrons. The van der Waals surface area contributed by atoms with Gasteiger partial charge in [0.15, 0.2) is 0 Å². The van der Waals surface area contributed by atoms with Crippen molar-refractivity contribution in [3.8, 4) is 5.75 Å². The van der Waals surface area contributed by atoms with E-state index in [-0.39, 0.29) is 75.9 Å². The van der Waals surface area contributed by atoms with Crippen molar-refractivity contribution in [2.45, 2.75) is 50.1 Å². The smallest absolute Gasteiger partial charge is 0.280 e. The van der Waals surface area contributed by atoms with E-state index < -0.39 is 6.43 Å². The number of likely N-dealkylation sites (N-methyl/N-ethyl adjacent to an activating group) is 1. The zero-order valence-electron chi connectivity index (χ0n) is 19.7. The first-order chi connectivity index (χ1) is 16.0. The molecule has 2 saturated heterocycles. The number of carbonyl (C=O) groups excluding carboxylic acids is 1. The van der Waals surface area contributed by atoms with Crippen molar-refractivity contribution in [3.05, 3.63) is 47.5 Å². The van der Waals surface area contributed by atoms with E-state index in [9.17, 15) is 13.6 Å². The number of fused-ring (bicyclic) bond motifs is 4. The van der Waals surface area contributed by atoms with Crippen LogP contribution in [0.4, 0.5) is 14.5 Å². The molecule has 3 aromatic rings. The van der Waals surface area contributed by atoms with Gasteiger partial charge in [-0.05, 0) is 49.9 Å². The van der Waals surface area contributed by atoms with Crippen molar-refractivity contribution >= 4 is 57.9 Å². The zero-order chi connectivity index (χ0) is 22.7. The van der Waals surface area contributed by atoms with Crippen LogP contribution in [-0.4, -0.2) is 62.7 Å². The third-order valence-corrected chi connectivity index (χ3v) is 7.26. The molecule has 196 valence electrons. The fourth-order valence-electron chi connectivity index (χ4n) is 5.69. The minimum Gasteiger partial charge on any atom is -0.490 e. The Balaban J connectivity index is 0.00000120. The van der Waals surface area contributed by atoms with Crippen molar-refractivity contribution < 1.29 is 18.3 Å². The largest absolute Gasteiger partial charge is 0.490 e. The number of carbonyl (C=O) groups is 1. The molecule has 2 aromatic heterocycles. The van der Waals surface area contributed by atoms with Crippen LogP contribution in [0.25, 0.3) is 5.78 Å². The van der Waals surface area contributed by atoms with Gasteiger partial charge in [-0.25, -0.2) is 18.3 Å². The maximum Gasteiger partial charge on any atom is 0.280 e. The molecule has 3 atom stereocenters. The molecule has 8 nitrogen and oxygen atoms in total. The van der Waals surface area contributed by atoms with Crippen LogP contribution < -0.4 is 9.64 Å². The fraction of sp³-hybridized carbons (Fsp3) is 0.478. The van der Waals surface area contributed by atoms with Gasteiger partial charge in [-0.15, -0.1) is 0 Å². The molecule has 0 N–H and O–H groups in total. The topological polar surface area (TPSA) is 75.9 Å². The fourth-order valence-corrected chi connectivity index (χ4v) is 5.69. The summed E-state index contributed by atoms with van der Waals surface area (Å²) in [6, 6.07) is 7.11. The first-order valence-corrected chi connectivity index (χ1v) is 11.3. The van der Waals surface area contributed by atoms with Gasteiger partial charge in [0.2, 0.25) is 0 Å². The van der Waals surface area contributed by atoms with E-state index in [1.54, 1.807) is 4.52 Å². The number of aromatic nitrogens is 4. The number of nitrogens with zero attached hydrogens (tertiary/aromatic N) is 6. The van der Waals surface area contributed by atoms with Crippen LogP contribution in [0.2, 0.25) is 0 Å². The second kappa shape index (κ2) is 11.0. The lowest BCUT2D eigenvalue weighted by Crippen LogP contribution is -2.47. The number of amides is 1. The van der Waals surface area contributed by atoms with Crippen LogP contribution in [0.1, 0.15) is 59.8 Å². The SMILES string of the molecule is CN1CCOc2cc(C(=O)N3[C@H]4CC[C@H](c5cc(C(F)F)nc6ncnn56)[C@@H]3CC4)ccc21.S.S.S. The average Bonchev–Trinajstić information content (AvgIpc) is 3.41. The van der Waals surface area contributed by atoms with Crippen molar-refractivity contribution in [3.63, 3.8) is 0 Å². The third-order valence-electron chi connectivity index (χ3n) is 7.26. The molecule has 5 heterocycles. The molecule has 2 bridgehead atoms. The van der Waals surface area contributed by atoms with Crippen LogP contribution in [0.3, 0.4) is 0 Å². The van der Waals surface area contributed by atoms with Gasteiger partial charge < -0.3 is 14.5 Å². The summed E-state index contributed by atoms with van der Waals surface area (Å²) in [5.41, 5.74) is 1.91. The third kappa shape index (κ3) is 4.60. The molecule has 0 aliphatic carbocycles. The summed E-state index contributed by atoms with van der Waals surface area (Å²) in [4.78, 5) is 25.7. The number of halogens is 2. The first-order valence-electron chi connectivity index (χ1n) is 11.3. The van der Waals surface area contributed by atoms with E-state index >= 15 is 0 Å². The molecule has 36 heavy (non-hydrogen) atoms. The monoisotopic (exact) mass is 556 g/mol. The molecule has 13 heteroatoms. The second-order valence-electron chi connectivity index (χ2n) is 9.03. The van der Waals surface area contributed by atoms with Crippen LogP contribution in [0.15, 0.2) is 30.6 Å². The average molecular weight is 557 g/mol. The van der Waals surface area contributed by atoms with Gasteiger partial charge in [0.1, 0.15) is 24.4 Å². The highest BCUT2D eigenvalue weighted by atomic mass is 32.1. The van der Waals surface area contributed by atoms with Gasteiger partial charge in [-0.3, -0.25) is 4.79 Å². The van der Waals surface area contributed by atoms with Crippen molar-refractivity contribution in [1.29, 1.82) is 0 Å². The molecule has 2 fully saturated rings. The molecule has 3 aliphatic heterocycles. The van der Waals surface area contributed by atoms with Gasteiger partial charge in [-0.1, -0.05) is 0 Å². The number of rotatable bonds is 3. The highest BCUT2D eigenvalue weighted by Crippen LogP contribution is 2.45. The lowest BCUT2D eigenvalue weighted by atomic mass is 9.86. The summed E-state index contributed by atoms with van der Waals surface area (Å²) in [5, 5.41) is 4.23. The van der Waals surface area contributed by atoms with Crippen LogP contribution in [0.5, 0.6) is 5.75 Å². The van der Waals surface area contributed by atoms with Gasteiger partial charge in [0.25, 0.3) is 18.1 Å². The number of anilines is 1. The Morgan fingerprint density at radius 2 is 1.89 bits per heavy atom. The maximum absolute atomic E-state index is 13.7. The molecule has 3 aliphatic rings. The van der Waals surface area contributed by atoms with E-state index in [0.29, 0.717) is 17.9 Å². The number of benzene rings is 1. The standard InChI is InChI=1S/C23H24F2N6O2.3H2S/c1-29-8-9-33-20-10-13(2-6-18(20)29)22(32)30-14-3-5-15(17(30)7-4-14)19-11-16(21(24)25)28-23-26-12-27-31(19)23;;;/h2,6,10-12,14-15,17,21H,3-5,7-9H2,1H3;3*1H2/t14-,15-,17-;;;/m0.../s1. The van der Waals surface area contributed by atoms with Crippen molar-refractivity contribution in [2.24, 2.45) is 0 Å². The van der Waals surface area contributed by atoms with Crippen molar-refractivity contribution in [1.82, 2.24) is 24.5 Å². The Bertz CT molecular complexity index is 1250. The van der Waals surface area contributed by atoms with Gasteiger partial charge in [0.05, 0.1) is 17.9 Å². The number of alkyl halides is 2. The molecule has 1 amide bonds. The Labute approximate surface area is 228 Å². The number of hydrogen-bond acceptors (Lipinski definition) is 6. The number of piperidine rings is 1. The number of hydrogen-bond donors (Lipinski definition) is 0. The molecular weight excluding hydrogens is 526 g/mol. The lowest BCUT2D eigenvalue weighted by Gasteiger charge is -2.40. The molecule has 0 unspecified atom stereocenters. The van der Waals surface area contributed by atoms with Crippen LogP contribution in [-0.2, 0) is 0 Å². The van der Waals surface area contributed by atoms with Gasteiger partial charge in [0, 0.05) is 30.6 Å². The lowest BCUT2D eigenvalue weighted by molar-refractivity contribution is 0.0553. The normalized spacial score (nSPS) is 22.3. The van der Waals surface area contributed by atoms with Crippen LogP contribution in [0, 0.1) is 0 Å². The molecular formula is C23H30F2N6O2S3. The highest BCUT2D eigenvalue weighted by Gasteiger charge is 2.46. The summed E-state index contributed by atoms with van der Waals surface area (Å²) in [7, 11) is 2.01. The van der Waals surface area contributed by atoms with E-state index in [2.05, 4.69) is 20.0 Å². The predicted molar refractivity (Wildman–Crippen MR) is 147 cm³/mol. The first kappa shape index (κ1) is 28.3. The minimum atomic E-state index is -2.70. The molecule has 1 aromatic carbocycles. The quantitative estimate of drug-likeness (QED) is 0.489. The van der Waals surface area contributed by atoms with Gasteiger partial charge in [-0.2, -0.15) is 50.6 Å². The Hall–Kier alpha value is -2.25. The molecule has 0 saturated carbocycles. The maximum atomic E-state index is 13.7. The molecule has 0 spiro atoms. The predicted octanol–water partition coefficient (Wildman–Crippen LogP) is 3.78. The highest BCUT2D eigenvalue weighted by molar-refractivity contribution is 7.59. The summed E-state index contributed by atoms with van der Waals surface area (Å²) in [5.74, 6) is 0.731. The summed E-state index contributed by atoms with van der Waals surface area (Å²) in [6.45, 7) is 1.39. The Morgan fingerprint density at radius 3 is 2.67 bits per heavy atom. The summed E-state index contributed by atoms with van der Waals surface area (Å²) >= 11 is 0. The van der Waals surface area contributed by atoms with Gasteiger partial charge >= 0.3 is 0 Å². The minimum absolute atomic E-state index is 0. The van der Waals surface area contributed by atoms with Crippen molar-refractivity contribution in [2.75, 3.05) is 25.1 Å². The summed E-state index contributed by atoms with van der Waals surface area (Å²) < 4.78 is 34.4. The van der Waals surface area contributed by atoms with E-state index in [1.165, 1.54) is 12.4 Å². The zero-order valence-corrected chi connectivity index (χ0v) is 22.7. The summed E-state index contributed by atoms with van der Waals surface area (Å²) in [6.07, 6.45) is 1.99. The Morgan fingerprint density at radius 1 is 1.11 bits per heavy atom. The Kier molecular flexibility index (Phi) is 8.67. The molecule has 6 rings (SSSR count). The van der Waals surface area contributed by atoms with E-state index in [4.69, 9.17) is 4.74 Å². The van der Waals surface area contributed by atoms with E-state index in [0.717, 1.165) is 43.7 Å². The second-order valence-corrected chi connectivity index (χ2v) is 9.03. The van der Waals surface area contributed by atoms with E-state index in [1.807, 2.05) is 30.1 Å².